The Morgan fingerprint density at radius 2 is 2.28 bits per heavy atom. The summed E-state index contributed by atoms with van der Waals surface area (Å²) in [6.07, 6.45) is 3.14. The van der Waals surface area contributed by atoms with Gasteiger partial charge in [-0.3, -0.25) is 9.89 Å². The normalized spacial score (nSPS) is 10.1. The second-order valence-electron chi connectivity index (χ2n) is 4.02. The average Bonchev–Trinajstić information content (AvgIpc) is 2.84. The molecule has 0 aliphatic heterocycles. The van der Waals surface area contributed by atoms with Gasteiger partial charge in [0, 0.05) is 6.20 Å². The third-order valence-corrected chi connectivity index (χ3v) is 2.70. The molecule has 0 radical (unpaired) electrons. The first-order valence-corrected chi connectivity index (χ1v) is 5.64. The fourth-order valence-corrected chi connectivity index (χ4v) is 1.54. The van der Waals surface area contributed by atoms with Crippen LogP contribution in [-0.4, -0.2) is 22.7 Å². The van der Waals surface area contributed by atoms with Crippen LogP contribution < -0.4 is 10.1 Å². The zero-order chi connectivity index (χ0) is 13.0. The lowest BCUT2D eigenvalue weighted by Crippen LogP contribution is -2.20. The molecule has 0 aliphatic carbocycles. The molecule has 2 aromatic rings. The van der Waals surface area contributed by atoms with E-state index in [2.05, 4.69) is 15.5 Å². The molecule has 1 amide bonds. The van der Waals surface area contributed by atoms with Crippen LogP contribution in [-0.2, 0) is 4.79 Å². The van der Waals surface area contributed by atoms with Crippen molar-refractivity contribution in [3.63, 3.8) is 0 Å². The fraction of sp³-hybridized carbons (Fsp3) is 0.231. The summed E-state index contributed by atoms with van der Waals surface area (Å²) in [6, 6.07) is 5.77. The van der Waals surface area contributed by atoms with Gasteiger partial charge < -0.3 is 10.1 Å². The van der Waals surface area contributed by atoms with Crippen molar-refractivity contribution < 1.29 is 9.53 Å². The van der Waals surface area contributed by atoms with Gasteiger partial charge in [-0.15, -0.1) is 0 Å². The van der Waals surface area contributed by atoms with Gasteiger partial charge >= 0.3 is 0 Å². The smallest absolute Gasteiger partial charge is 0.262 e. The van der Waals surface area contributed by atoms with Crippen molar-refractivity contribution in [3.8, 4) is 5.75 Å². The standard InChI is InChI=1S/C13H15N3O2/c1-9-4-3-5-12(10(9)2)18-8-13(17)16-11-6-14-15-7-11/h3-7H,8H2,1-2H3,(H,14,15)(H,16,17). The van der Waals surface area contributed by atoms with Crippen molar-refractivity contribution in [1.82, 2.24) is 10.2 Å². The minimum Gasteiger partial charge on any atom is -0.483 e. The van der Waals surface area contributed by atoms with Gasteiger partial charge in [0.15, 0.2) is 6.61 Å². The lowest BCUT2D eigenvalue weighted by Gasteiger charge is -2.10. The second-order valence-corrected chi connectivity index (χ2v) is 4.02. The number of anilines is 1. The topological polar surface area (TPSA) is 67.0 Å². The van der Waals surface area contributed by atoms with Gasteiger partial charge in [-0.25, -0.2) is 0 Å². The molecule has 0 bridgehead atoms. The highest BCUT2D eigenvalue weighted by Gasteiger charge is 2.06. The summed E-state index contributed by atoms with van der Waals surface area (Å²) in [7, 11) is 0. The molecular weight excluding hydrogens is 230 g/mol. The van der Waals surface area contributed by atoms with Crippen molar-refractivity contribution in [3.05, 3.63) is 41.7 Å². The third-order valence-electron chi connectivity index (χ3n) is 2.70. The van der Waals surface area contributed by atoms with E-state index in [4.69, 9.17) is 4.74 Å². The Hall–Kier alpha value is -2.30. The molecule has 0 atom stereocenters. The van der Waals surface area contributed by atoms with Gasteiger partial charge in [0.05, 0.1) is 11.9 Å². The first-order valence-electron chi connectivity index (χ1n) is 5.64. The number of hydrogen-bond donors (Lipinski definition) is 2. The molecular formula is C13H15N3O2. The lowest BCUT2D eigenvalue weighted by molar-refractivity contribution is -0.118. The second kappa shape index (κ2) is 5.35. The lowest BCUT2D eigenvalue weighted by atomic mass is 10.1. The Bertz CT molecular complexity index is 535. The molecule has 5 heteroatoms. The molecule has 1 heterocycles. The zero-order valence-corrected chi connectivity index (χ0v) is 10.4. The highest BCUT2D eigenvalue weighted by Crippen LogP contribution is 2.20. The maximum atomic E-state index is 11.6. The van der Waals surface area contributed by atoms with Gasteiger partial charge in [-0.1, -0.05) is 12.1 Å². The van der Waals surface area contributed by atoms with Crippen molar-refractivity contribution in [1.29, 1.82) is 0 Å². The van der Waals surface area contributed by atoms with E-state index in [1.165, 1.54) is 6.20 Å². The maximum Gasteiger partial charge on any atom is 0.262 e. The molecule has 0 saturated carbocycles. The molecule has 1 aromatic carbocycles. The van der Waals surface area contributed by atoms with E-state index in [-0.39, 0.29) is 12.5 Å². The monoisotopic (exact) mass is 245 g/mol. The van der Waals surface area contributed by atoms with Crippen LogP contribution in [0.3, 0.4) is 0 Å². The Labute approximate surface area is 105 Å². The summed E-state index contributed by atoms with van der Waals surface area (Å²) in [5.74, 6) is 0.523. The highest BCUT2D eigenvalue weighted by molar-refractivity contribution is 5.91. The number of benzene rings is 1. The minimum atomic E-state index is -0.211. The predicted octanol–water partition coefficient (Wildman–Crippen LogP) is 2.04. The predicted molar refractivity (Wildman–Crippen MR) is 68.6 cm³/mol. The number of carbonyl (C=O) groups excluding carboxylic acids is 1. The van der Waals surface area contributed by atoms with Crippen LogP contribution in [0.1, 0.15) is 11.1 Å². The van der Waals surface area contributed by atoms with Crippen LogP contribution in [0.15, 0.2) is 30.6 Å². The van der Waals surface area contributed by atoms with Gasteiger partial charge in [0.25, 0.3) is 5.91 Å². The molecule has 2 rings (SSSR count). The van der Waals surface area contributed by atoms with E-state index in [9.17, 15) is 4.79 Å². The summed E-state index contributed by atoms with van der Waals surface area (Å²) in [5.41, 5.74) is 2.82. The van der Waals surface area contributed by atoms with Gasteiger partial charge in [0.1, 0.15) is 5.75 Å². The van der Waals surface area contributed by atoms with E-state index < -0.39 is 0 Å². The Balaban J connectivity index is 1.91. The number of nitrogens with zero attached hydrogens (tertiary/aromatic N) is 1. The Kier molecular flexibility index (Phi) is 3.62. The van der Waals surface area contributed by atoms with E-state index in [0.29, 0.717) is 5.69 Å². The number of aryl methyl sites for hydroxylation is 1. The SMILES string of the molecule is Cc1cccc(OCC(=O)Nc2cn[nH]c2)c1C. The van der Waals surface area contributed by atoms with Crippen LogP contribution >= 0.6 is 0 Å². The number of amides is 1. The van der Waals surface area contributed by atoms with Crippen LogP contribution in [0.4, 0.5) is 5.69 Å². The number of hydrogen-bond acceptors (Lipinski definition) is 3. The minimum absolute atomic E-state index is 0.0184. The summed E-state index contributed by atoms with van der Waals surface area (Å²) in [6.45, 7) is 3.96. The molecule has 18 heavy (non-hydrogen) atoms. The Morgan fingerprint density at radius 3 is 3.00 bits per heavy atom. The summed E-state index contributed by atoms with van der Waals surface area (Å²) < 4.78 is 5.49. The van der Waals surface area contributed by atoms with Gasteiger partial charge in [-0.05, 0) is 31.0 Å². The van der Waals surface area contributed by atoms with Gasteiger partial charge in [0.2, 0.25) is 0 Å². The first-order chi connectivity index (χ1) is 8.66. The third kappa shape index (κ3) is 2.88. The molecule has 5 nitrogen and oxygen atoms in total. The summed E-state index contributed by atoms with van der Waals surface area (Å²) in [4.78, 5) is 11.6. The largest absolute Gasteiger partial charge is 0.483 e. The molecule has 0 saturated heterocycles. The van der Waals surface area contributed by atoms with E-state index >= 15 is 0 Å². The molecule has 0 unspecified atom stereocenters. The fourth-order valence-electron chi connectivity index (χ4n) is 1.54. The maximum absolute atomic E-state index is 11.6. The van der Waals surface area contributed by atoms with Crippen molar-refractivity contribution >= 4 is 11.6 Å². The zero-order valence-electron chi connectivity index (χ0n) is 10.4. The van der Waals surface area contributed by atoms with Crippen LogP contribution in [0.25, 0.3) is 0 Å². The van der Waals surface area contributed by atoms with Crippen LogP contribution in [0.5, 0.6) is 5.75 Å². The number of aromatic amines is 1. The van der Waals surface area contributed by atoms with Crippen LogP contribution in [0.2, 0.25) is 0 Å². The summed E-state index contributed by atoms with van der Waals surface area (Å²) in [5, 5.41) is 9.03. The molecule has 1 aromatic heterocycles. The average molecular weight is 245 g/mol. The van der Waals surface area contributed by atoms with Crippen LogP contribution in [0, 0.1) is 13.8 Å². The van der Waals surface area contributed by atoms with Gasteiger partial charge in [-0.2, -0.15) is 5.10 Å². The van der Waals surface area contributed by atoms with E-state index in [0.717, 1.165) is 16.9 Å². The number of ether oxygens (including phenoxy) is 1. The number of H-pyrrole nitrogens is 1. The molecule has 94 valence electrons. The Morgan fingerprint density at radius 1 is 1.44 bits per heavy atom. The highest BCUT2D eigenvalue weighted by atomic mass is 16.5. The first kappa shape index (κ1) is 12.2. The molecule has 2 N–H and O–H groups in total. The number of rotatable bonds is 4. The molecule has 0 spiro atoms. The van der Waals surface area contributed by atoms with Crippen molar-refractivity contribution in [2.75, 3.05) is 11.9 Å². The number of carbonyl (C=O) groups is 1. The van der Waals surface area contributed by atoms with E-state index in [1.54, 1.807) is 6.20 Å². The number of aromatic nitrogens is 2. The van der Waals surface area contributed by atoms with E-state index in [1.807, 2.05) is 32.0 Å². The number of nitrogens with one attached hydrogen (secondary N) is 2. The summed E-state index contributed by atoms with van der Waals surface area (Å²) >= 11 is 0. The van der Waals surface area contributed by atoms with Crippen molar-refractivity contribution in [2.24, 2.45) is 0 Å². The van der Waals surface area contributed by atoms with Crippen molar-refractivity contribution in [2.45, 2.75) is 13.8 Å². The molecule has 0 aliphatic rings. The quantitative estimate of drug-likeness (QED) is 0.866. The molecule has 0 fully saturated rings.